The molecule has 0 atom stereocenters. The number of hydrogen-bond acceptors (Lipinski definition) is 3. The smallest absolute Gasteiger partial charge is 0.267 e. The SMILES string of the molecule is O=C(Cn1ncccc1=O)N1Cc2ccccc2C1. The van der Waals surface area contributed by atoms with Crippen molar-refractivity contribution in [2.75, 3.05) is 0 Å². The van der Waals surface area contributed by atoms with Crippen LogP contribution in [0.3, 0.4) is 0 Å². The Morgan fingerprint density at radius 1 is 1.11 bits per heavy atom. The predicted molar refractivity (Wildman–Crippen MR) is 69.2 cm³/mol. The Morgan fingerprint density at radius 2 is 1.79 bits per heavy atom. The highest BCUT2D eigenvalue weighted by atomic mass is 16.2. The summed E-state index contributed by atoms with van der Waals surface area (Å²) in [5.74, 6) is -0.0861. The van der Waals surface area contributed by atoms with Gasteiger partial charge in [-0.05, 0) is 17.2 Å². The van der Waals surface area contributed by atoms with E-state index in [1.165, 1.54) is 28.1 Å². The van der Waals surface area contributed by atoms with E-state index >= 15 is 0 Å². The van der Waals surface area contributed by atoms with Crippen LogP contribution in [0.25, 0.3) is 0 Å². The number of fused-ring (bicyclic) bond motifs is 1. The second-order valence-corrected chi connectivity index (χ2v) is 4.54. The van der Waals surface area contributed by atoms with E-state index in [0.29, 0.717) is 13.1 Å². The molecule has 96 valence electrons. The van der Waals surface area contributed by atoms with E-state index in [4.69, 9.17) is 0 Å². The third kappa shape index (κ3) is 2.27. The van der Waals surface area contributed by atoms with Gasteiger partial charge >= 0.3 is 0 Å². The fourth-order valence-corrected chi connectivity index (χ4v) is 2.24. The molecule has 0 bridgehead atoms. The molecule has 1 amide bonds. The maximum Gasteiger partial charge on any atom is 0.267 e. The Labute approximate surface area is 110 Å². The summed E-state index contributed by atoms with van der Waals surface area (Å²) < 4.78 is 1.19. The highest BCUT2D eigenvalue weighted by Crippen LogP contribution is 2.22. The van der Waals surface area contributed by atoms with E-state index in [0.717, 1.165) is 0 Å². The highest BCUT2D eigenvalue weighted by Gasteiger charge is 2.23. The third-order valence-corrected chi connectivity index (χ3v) is 3.26. The summed E-state index contributed by atoms with van der Waals surface area (Å²) in [4.78, 5) is 25.4. The van der Waals surface area contributed by atoms with Crippen LogP contribution in [-0.4, -0.2) is 20.6 Å². The van der Waals surface area contributed by atoms with Gasteiger partial charge in [0.05, 0.1) is 0 Å². The Bertz CT molecular complexity index is 653. The number of amides is 1. The zero-order chi connectivity index (χ0) is 13.2. The molecule has 19 heavy (non-hydrogen) atoms. The Morgan fingerprint density at radius 3 is 2.42 bits per heavy atom. The summed E-state index contributed by atoms with van der Waals surface area (Å²) in [5.41, 5.74) is 2.08. The summed E-state index contributed by atoms with van der Waals surface area (Å²) in [6.45, 7) is 1.21. The molecule has 5 heteroatoms. The van der Waals surface area contributed by atoms with E-state index in [-0.39, 0.29) is 18.0 Å². The zero-order valence-electron chi connectivity index (χ0n) is 10.3. The number of carbonyl (C=O) groups excluding carboxylic acids is 1. The highest BCUT2D eigenvalue weighted by molar-refractivity contribution is 5.76. The van der Waals surface area contributed by atoms with Crippen LogP contribution in [0.1, 0.15) is 11.1 Å². The van der Waals surface area contributed by atoms with Gasteiger partial charge in [-0.2, -0.15) is 5.10 Å². The molecule has 0 saturated heterocycles. The minimum absolute atomic E-state index is 0.00629. The lowest BCUT2D eigenvalue weighted by Gasteiger charge is -2.15. The molecule has 3 rings (SSSR count). The second kappa shape index (κ2) is 4.68. The van der Waals surface area contributed by atoms with Gasteiger partial charge in [0.2, 0.25) is 5.91 Å². The standard InChI is InChI=1S/C14H13N3O2/c18-13-6-3-7-15-17(13)10-14(19)16-8-11-4-1-2-5-12(11)9-16/h1-7H,8-10H2. The lowest BCUT2D eigenvalue weighted by atomic mass is 10.1. The molecule has 1 aromatic carbocycles. The number of hydrogen-bond donors (Lipinski definition) is 0. The fourth-order valence-electron chi connectivity index (χ4n) is 2.24. The van der Waals surface area contributed by atoms with Crippen LogP contribution in [0.4, 0.5) is 0 Å². The van der Waals surface area contributed by atoms with Crippen molar-refractivity contribution >= 4 is 5.91 Å². The van der Waals surface area contributed by atoms with Crippen molar-refractivity contribution in [2.45, 2.75) is 19.6 Å². The van der Waals surface area contributed by atoms with Crippen molar-refractivity contribution in [1.29, 1.82) is 0 Å². The topological polar surface area (TPSA) is 55.2 Å². The molecular weight excluding hydrogens is 242 g/mol. The van der Waals surface area contributed by atoms with Crippen LogP contribution >= 0.6 is 0 Å². The van der Waals surface area contributed by atoms with Crippen molar-refractivity contribution in [3.05, 3.63) is 64.1 Å². The van der Waals surface area contributed by atoms with Crippen LogP contribution < -0.4 is 5.56 Å². The maximum absolute atomic E-state index is 12.2. The number of aromatic nitrogens is 2. The van der Waals surface area contributed by atoms with Crippen molar-refractivity contribution in [3.63, 3.8) is 0 Å². The van der Waals surface area contributed by atoms with E-state index < -0.39 is 0 Å². The summed E-state index contributed by atoms with van der Waals surface area (Å²) in [5, 5.41) is 3.90. The van der Waals surface area contributed by atoms with Gasteiger partial charge in [0.15, 0.2) is 0 Å². The van der Waals surface area contributed by atoms with Gasteiger partial charge < -0.3 is 4.90 Å². The van der Waals surface area contributed by atoms with Gasteiger partial charge in [0, 0.05) is 25.4 Å². The number of nitrogens with zero attached hydrogens (tertiary/aromatic N) is 3. The number of carbonyl (C=O) groups is 1. The maximum atomic E-state index is 12.2. The monoisotopic (exact) mass is 255 g/mol. The molecule has 2 heterocycles. The van der Waals surface area contributed by atoms with E-state index in [2.05, 4.69) is 5.10 Å². The first-order valence-corrected chi connectivity index (χ1v) is 6.11. The first-order chi connectivity index (χ1) is 9.24. The minimum Gasteiger partial charge on any atom is -0.332 e. The first-order valence-electron chi connectivity index (χ1n) is 6.11. The van der Waals surface area contributed by atoms with Crippen molar-refractivity contribution in [2.24, 2.45) is 0 Å². The molecule has 2 aromatic rings. The first kappa shape index (κ1) is 11.6. The van der Waals surface area contributed by atoms with Crippen LogP contribution in [0.2, 0.25) is 0 Å². The van der Waals surface area contributed by atoms with Gasteiger partial charge in [-0.25, -0.2) is 4.68 Å². The van der Waals surface area contributed by atoms with Crippen molar-refractivity contribution < 1.29 is 4.79 Å². The molecule has 0 unspecified atom stereocenters. The Hall–Kier alpha value is -2.43. The largest absolute Gasteiger partial charge is 0.332 e. The molecule has 0 N–H and O–H groups in total. The Balaban J connectivity index is 1.74. The Kier molecular flexibility index (Phi) is 2.87. The molecule has 0 aliphatic carbocycles. The normalized spacial score (nSPS) is 13.4. The van der Waals surface area contributed by atoms with Crippen LogP contribution in [0.5, 0.6) is 0 Å². The minimum atomic E-state index is -0.257. The van der Waals surface area contributed by atoms with Gasteiger partial charge in [0.25, 0.3) is 5.56 Å². The fraction of sp³-hybridized carbons (Fsp3) is 0.214. The molecule has 0 radical (unpaired) electrons. The van der Waals surface area contributed by atoms with Gasteiger partial charge in [0.1, 0.15) is 6.54 Å². The van der Waals surface area contributed by atoms with Gasteiger partial charge in [-0.1, -0.05) is 24.3 Å². The molecule has 0 fully saturated rings. The summed E-state index contributed by atoms with van der Waals surface area (Å²) in [6.07, 6.45) is 1.51. The van der Waals surface area contributed by atoms with E-state index in [1.54, 1.807) is 11.0 Å². The van der Waals surface area contributed by atoms with Crippen LogP contribution in [-0.2, 0) is 24.4 Å². The quantitative estimate of drug-likeness (QED) is 0.797. The average Bonchev–Trinajstić information content (AvgIpc) is 2.85. The zero-order valence-corrected chi connectivity index (χ0v) is 10.3. The average molecular weight is 255 g/mol. The number of rotatable bonds is 2. The summed E-state index contributed by atoms with van der Waals surface area (Å²) in [6, 6.07) is 10.9. The van der Waals surface area contributed by atoms with Gasteiger partial charge in [-0.15, -0.1) is 0 Å². The second-order valence-electron chi connectivity index (χ2n) is 4.54. The summed E-state index contributed by atoms with van der Waals surface area (Å²) in [7, 11) is 0. The molecule has 0 saturated carbocycles. The van der Waals surface area contributed by atoms with E-state index in [1.807, 2.05) is 24.3 Å². The number of benzene rings is 1. The molecule has 0 spiro atoms. The molecule has 1 aliphatic heterocycles. The molecule has 5 nitrogen and oxygen atoms in total. The van der Waals surface area contributed by atoms with Crippen LogP contribution in [0.15, 0.2) is 47.4 Å². The third-order valence-electron chi connectivity index (χ3n) is 3.26. The van der Waals surface area contributed by atoms with E-state index in [9.17, 15) is 9.59 Å². The van der Waals surface area contributed by atoms with Crippen molar-refractivity contribution in [3.8, 4) is 0 Å². The van der Waals surface area contributed by atoms with Gasteiger partial charge in [-0.3, -0.25) is 9.59 Å². The predicted octanol–water partition coefficient (Wildman–Crippen LogP) is 0.786. The molecule has 1 aromatic heterocycles. The van der Waals surface area contributed by atoms with Crippen LogP contribution in [0, 0.1) is 0 Å². The molecule has 1 aliphatic rings. The van der Waals surface area contributed by atoms with Crippen molar-refractivity contribution in [1.82, 2.24) is 14.7 Å². The lowest BCUT2D eigenvalue weighted by Crippen LogP contribution is -2.34. The lowest BCUT2D eigenvalue weighted by molar-refractivity contribution is -0.132. The molecular formula is C14H13N3O2. The summed E-state index contributed by atoms with van der Waals surface area (Å²) >= 11 is 0.